The first kappa shape index (κ1) is 18.9. The van der Waals surface area contributed by atoms with Crippen LogP contribution in [-0.4, -0.2) is 18.3 Å². The largest absolute Gasteiger partial charge is 0.490 e. The Bertz CT molecular complexity index is 940. The number of carbonyl (C=O) groups is 1. The molecule has 1 aliphatic heterocycles. The van der Waals surface area contributed by atoms with E-state index in [9.17, 15) is 9.18 Å². The SMILES string of the molecule is CCOc1cc(/C=C2\C(=O)ON=C2C)cc(Cl)c1OCc1ccccc1F. The highest BCUT2D eigenvalue weighted by atomic mass is 35.5. The third kappa shape index (κ3) is 4.28. The first-order valence-electron chi connectivity index (χ1n) is 8.30. The van der Waals surface area contributed by atoms with E-state index in [1.807, 2.05) is 6.92 Å². The van der Waals surface area contributed by atoms with E-state index in [1.54, 1.807) is 43.3 Å². The van der Waals surface area contributed by atoms with Gasteiger partial charge in [-0.2, -0.15) is 0 Å². The lowest BCUT2D eigenvalue weighted by Crippen LogP contribution is -2.03. The Morgan fingerprint density at radius 1 is 1.26 bits per heavy atom. The van der Waals surface area contributed by atoms with Gasteiger partial charge in [0.2, 0.25) is 0 Å². The molecule has 7 heteroatoms. The molecule has 0 atom stereocenters. The number of hydrogen-bond acceptors (Lipinski definition) is 5. The van der Waals surface area contributed by atoms with Gasteiger partial charge in [-0.1, -0.05) is 35.0 Å². The van der Waals surface area contributed by atoms with Crippen molar-refractivity contribution in [2.75, 3.05) is 6.61 Å². The van der Waals surface area contributed by atoms with Gasteiger partial charge >= 0.3 is 5.97 Å². The van der Waals surface area contributed by atoms with Crippen LogP contribution < -0.4 is 9.47 Å². The minimum atomic E-state index is -0.526. The lowest BCUT2D eigenvalue weighted by Gasteiger charge is -2.15. The van der Waals surface area contributed by atoms with Crippen LogP contribution in [-0.2, 0) is 16.2 Å². The van der Waals surface area contributed by atoms with E-state index < -0.39 is 5.97 Å². The molecule has 1 aliphatic rings. The van der Waals surface area contributed by atoms with Gasteiger partial charge in [0.05, 0.1) is 22.9 Å². The highest BCUT2D eigenvalue weighted by Crippen LogP contribution is 2.38. The fourth-order valence-corrected chi connectivity index (χ4v) is 2.80. The number of halogens is 2. The van der Waals surface area contributed by atoms with Gasteiger partial charge in [-0.3, -0.25) is 0 Å². The molecule has 27 heavy (non-hydrogen) atoms. The third-order valence-electron chi connectivity index (χ3n) is 3.85. The number of carbonyl (C=O) groups excluding carboxylic acids is 1. The molecule has 0 aliphatic carbocycles. The molecule has 0 bridgehead atoms. The van der Waals surface area contributed by atoms with Crippen LogP contribution >= 0.6 is 11.6 Å². The highest BCUT2D eigenvalue weighted by Gasteiger charge is 2.22. The maximum atomic E-state index is 13.8. The van der Waals surface area contributed by atoms with Crippen LogP contribution in [0.5, 0.6) is 11.5 Å². The van der Waals surface area contributed by atoms with Gasteiger partial charge in [-0.05, 0) is 43.7 Å². The molecular weight excluding hydrogens is 373 g/mol. The predicted molar refractivity (Wildman–Crippen MR) is 101 cm³/mol. The maximum Gasteiger partial charge on any atom is 0.367 e. The molecule has 2 aromatic rings. The van der Waals surface area contributed by atoms with Gasteiger partial charge in [-0.25, -0.2) is 9.18 Å². The van der Waals surface area contributed by atoms with Gasteiger partial charge in [0.25, 0.3) is 0 Å². The van der Waals surface area contributed by atoms with Crippen molar-refractivity contribution in [3.63, 3.8) is 0 Å². The first-order chi connectivity index (χ1) is 13.0. The number of oxime groups is 1. The van der Waals surface area contributed by atoms with Crippen molar-refractivity contribution >= 4 is 29.4 Å². The van der Waals surface area contributed by atoms with Crippen LogP contribution in [0.1, 0.15) is 25.0 Å². The van der Waals surface area contributed by atoms with Crippen LogP contribution in [0.15, 0.2) is 47.1 Å². The summed E-state index contributed by atoms with van der Waals surface area (Å²) in [5.41, 5.74) is 1.86. The monoisotopic (exact) mass is 389 g/mol. The average molecular weight is 390 g/mol. The van der Waals surface area contributed by atoms with E-state index >= 15 is 0 Å². The summed E-state index contributed by atoms with van der Waals surface area (Å²) < 4.78 is 25.1. The fraction of sp³-hybridized carbons (Fsp3) is 0.200. The number of nitrogens with zero attached hydrogens (tertiary/aromatic N) is 1. The third-order valence-corrected chi connectivity index (χ3v) is 4.13. The lowest BCUT2D eigenvalue weighted by atomic mass is 10.1. The summed E-state index contributed by atoms with van der Waals surface area (Å²) in [6, 6.07) is 9.66. The van der Waals surface area contributed by atoms with E-state index in [4.69, 9.17) is 21.1 Å². The molecule has 5 nitrogen and oxygen atoms in total. The van der Waals surface area contributed by atoms with Gasteiger partial charge in [0, 0.05) is 5.56 Å². The predicted octanol–water partition coefficient (Wildman–Crippen LogP) is 4.77. The second kappa shape index (κ2) is 8.22. The van der Waals surface area contributed by atoms with Crippen LogP contribution in [0.4, 0.5) is 4.39 Å². The summed E-state index contributed by atoms with van der Waals surface area (Å²) in [5.74, 6) is -0.179. The summed E-state index contributed by atoms with van der Waals surface area (Å²) in [6.07, 6.45) is 1.61. The topological polar surface area (TPSA) is 57.1 Å². The minimum Gasteiger partial charge on any atom is -0.490 e. The average Bonchev–Trinajstić information content (AvgIpc) is 2.95. The summed E-state index contributed by atoms with van der Waals surface area (Å²) in [7, 11) is 0. The van der Waals surface area contributed by atoms with Gasteiger partial charge in [-0.15, -0.1) is 0 Å². The summed E-state index contributed by atoms with van der Waals surface area (Å²) in [5, 5.41) is 3.92. The van der Waals surface area contributed by atoms with Crippen molar-refractivity contribution in [1.82, 2.24) is 0 Å². The van der Waals surface area contributed by atoms with Crippen molar-refractivity contribution < 1.29 is 23.5 Å². The van der Waals surface area contributed by atoms with Crippen molar-refractivity contribution in [2.45, 2.75) is 20.5 Å². The second-order valence-corrected chi connectivity index (χ2v) is 6.16. The van der Waals surface area contributed by atoms with Crippen LogP contribution in [0, 0.1) is 5.82 Å². The summed E-state index contributed by atoms with van der Waals surface area (Å²) in [4.78, 5) is 16.4. The standard InChI is InChI=1S/C20H17ClFNO4/c1-3-25-18-10-13(8-15-12(2)23-27-20(15)24)9-16(21)19(18)26-11-14-6-4-5-7-17(14)22/h4-10H,3,11H2,1-2H3/b15-8-. The Morgan fingerprint density at radius 3 is 2.70 bits per heavy atom. The van der Waals surface area contributed by atoms with Crippen molar-refractivity contribution in [3.8, 4) is 11.5 Å². The van der Waals surface area contributed by atoms with Gasteiger partial charge < -0.3 is 14.3 Å². The molecule has 140 valence electrons. The second-order valence-electron chi connectivity index (χ2n) is 5.76. The smallest absolute Gasteiger partial charge is 0.367 e. The zero-order valence-electron chi connectivity index (χ0n) is 14.8. The Kier molecular flexibility index (Phi) is 5.76. The maximum absolute atomic E-state index is 13.8. The molecule has 0 aromatic heterocycles. The van der Waals surface area contributed by atoms with Crippen molar-refractivity contribution in [1.29, 1.82) is 0 Å². The van der Waals surface area contributed by atoms with E-state index in [2.05, 4.69) is 9.99 Å². The molecule has 0 amide bonds. The molecule has 0 spiro atoms. The Labute approximate surface area is 161 Å². The molecule has 3 rings (SSSR count). The number of hydrogen-bond donors (Lipinski definition) is 0. The zero-order valence-corrected chi connectivity index (χ0v) is 15.5. The summed E-state index contributed by atoms with van der Waals surface area (Å²) >= 11 is 6.36. The Hall–Kier alpha value is -2.86. The van der Waals surface area contributed by atoms with Gasteiger partial charge in [0.15, 0.2) is 11.5 Å². The molecule has 0 saturated carbocycles. The zero-order chi connectivity index (χ0) is 19.4. The fourth-order valence-electron chi connectivity index (χ4n) is 2.53. The van der Waals surface area contributed by atoms with E-state index in [1.165, 1.54) is 6.07 Å². The summed E-state index contributed by atoms with van der Waals surface area (Å²) in [6.45, 7) is 3.89. The Morgan fingerprint density at radius 2 is 2.04 bits per heavy atom. The first-order valence-corrected chi connectivity index (χ1v) is 8.68. The molecule has 0 N–H and O–H groups in total. The van der Waals surface area contributed by atoms with Crippen LogP contribution in [0.25, 0.3) is 6.08 Å². The molecule has 0 saturated heterocycles. The lowest BCUT2D eigenvalue weighted by molar-refractivity contribution is -0.136. The van der Waals surface area contributed by atoms with Crippen molar-refractivity contribution in [2.24, 2.45) is 5.16 Å². The van der Waals surface area contributed by atoms with Crippen LogP contribution in [0.3, 0.4) is 0 Å². The molecule has 2 aromatic carbocycles. The number of ether oxygens (including phenoxy) is 2. The highest BCUT2D eigenvalue weighted by molar-refractivity contribution is 6.32. The van der Waals surface area contributed by atoms with E-state index in [0.717, 1.165) is 0 Å². The molecule has 0 unspecified atom stereocenters. The molecule has 0 fully saturated rings. The number of rotatable bonds is 6. The number of benzene rings is 2. The minimum absolute atomic E-state index is 0.00496. The van der Waals surface area contributed by atoms with E-state index in [0.29, 0.717) is 40.5 Å². The molecule has 0 radical (unpaired) electrons. The van der Waals surface area contributed by atoms with E-state index in [-0.39, 0.29) is 17.4 Å². The van der Waals surface area contributed by atoms with Gasteiger partial charge in [0.1, 0.15) is 12.4 Å². The van der Waals surface area contributed by atoms with Crippen molar-refractivity contribution in [3.05, 3.63) is 63.9 Å². The molecule has 1 heterocycles. The quantitative estimate of drug-likeness (QED) is 0.527. The normalized spacial score (nSPS) is 14.9. The van der Waals surface area contributed by atoms with Crippen LogP contribution in [0.2, 0.25) is 5.02 Å². The Balaban J connectivity index is 1.91. The molecular formula is C20H17ClFNO4.